The second-order valence-electron chi connectivity index (χ2n) is 8.50. The average Bonchev–Trinajstić information content (AvgIpc) is 3.35. The van der Waals surface area contributed by atoms with Gasteiger partial charge < -0.3 is 15.5 Å². The van der Waals surface area contributed by atoms with Crippen molar-refractivity contribution in [3.8, 4) is 0 Å². The summed E-state index contributed by atoms with van der Waals surface area (Å²) in [6, 6.07) is 16.2. The lowest BCUT2D eigenvalue weighted by Crippen LogP contribution is -2.44. The lowest BCUT2D eigenvalue weighted by atomic mass is 9.95. The molecule has 2 aromatic carbocycles. The highest BCUT2D eigenvalue weighted by molar-refractivity contribution is 6.10. The lowest BCUT2D eigenvalue weighted by molar-refractivity contribution is -0.136. The Bertz CT molecular complexity index is 949. The van der Waals surface area contributed by atoms with Crippen LogP contribution < -0.4 is 10.6 Å². The number of rotatable bonds is 6. The van der Waals surface area contributed by atoms with Crippen molar-refractivity contribution in [3.05, 3.63) is 60.2 Å². The van der Waals surface area contributed by atoms with Crippen LogP contribution in [-0.2, 0) is 9.59 Å². The third kappa shape index (κ3) is 5.53. The van der Waals surface area contributed by atoms with Crippen LogP contribution in [-0.4, -0.2) is 60.2 Å². The summed E-state index contributed by atoms with van der Waals surface area (Å²) in [5, 5.41) is 5.74. The highest BCUT2D eigenvalue weighted by atomic mass is 16.2. The maximum atomic E-state index is 12.7. The zero-order valence-corrected chi connectivity index (χ0v) is 18.3. The van der Waals surface area contributed by atoms with Crippen molar-refractivity contribution in [1.82, 2.24) is 9.80 Å². The van der Waals surface area contributed by atoms with Gasteiger partial charge in [0.1, 0.15) is 0 Å². The van der Waals surface area contributed by atoms with Gasteiger partial charge in [-0.15, -0.1) is 0 Å². The Kier molecular flexibility index (Phi) is 7.17. The van der Waals surface area contributed by atoms with Gasteiger partial charge in [-0.25, -0.2) is 0 Å². The molecule has 0 aliphatic carbocycles. The predicted octanol–water partition coefficient (Wildman–Crippen LogP) is 3.21. The van der Waals surface area contributed by atoms with Crippen LogP contribution >= 0.6 is 0 Å². The standard InChI is InChI=1S/C25H30N4O3/c30-23(18-28-16-12-19(13-17-28)25(32)29-14-6-7-15-29)27-22-11-5-4-10-21(22)24(31)26-20-8-2-1-3-9-20/h1-5,8-11,19H,6-7,12-18H2,(H,26,31)(H,27,30). The molecular formula is C25H30N4O3. The van der Waals surface area contributed by atoms with E-state index in [-0.39, 0.29) is 30.2 Å². The SMILES string of the molecule is O=C(CN1CCC(C(=O)N2CCCC2)CC1)Nc1ccccc1C(=O)Nc1ccccc1. The number of benzene rings is 2. The van der Waals surface area contributed by atoms with Crippen LogP contribution in [0.25, 0.3) is 0 Å². The second kappa shape index (κ2) is 10.4. The number of anilines is 2. The second-order valence-corrected chi connectivity index (χ2v) is 8.50. The molecule has 32 heavy (non-hydrogen) atoms. The van der Waals surface area contributed by atoms with Crippen LogP contribution in [0.3, 0.4) is 0 Å². The van der Waals surface area contributed by atoms with Gasteiger partial charge in [0.25, 0.3) is 5.91 Å². The first-order chi connectivity index (χ1) is 15.6. The topological polar surface area (TPSA) is 81.8 Å². The van der Waals surface area contributed by atoms with Gasteiger partial charge >= 0.3 is 0 Å². The van der Waals surface area contributed by atoms with E-state index in [9.17, 15) is 14.4 Å². The maximum absolute atomic E-state index is 12.7. The Morgan fingerprint density at radius 1 is 0.812 bits per heavy atom. The molecular weight excluding hydrogens is 404 g/mol. The molecule has 2 aliphatic rings. The van der Waals surface area contributed by atoms with E-state index in [1.165, 1.54) is 0 Å². The van der Waals surface area contributed by atoms with Crippen molar-refractivity contribution in [2.24, 2.45) is 5.92 Å². The monoisotopic (exact) mass is 434 g/mol. The molecule has 2 N–H and O–H groups in total. The fraction of sp³-hybridized carbons (Fsp3) is 0.400. The van der Waals surface area contributed by atoms with Crippen LogP contribution in [0.1, 0.15) is 36.0 Å². The molecule has 7 heteroatoms. The third-order valence-electron chi connectivity index (χ3n) is 6.20. The van der Waals surface area contributed by atoms with Crippen LogP contribution in [0.2, 0.25) is 0 Å². The van der Waals surface area contributed by atoms with Gasteiger partial charge in [-0.3, -0.25) is 19.3 Å². The van der Waals surface area contributed by atoms with E-state index in [0.29, 0.717) is 16.9 Å². The lowest BCUT2D eigenvalue weighted by Gasteiger charge is -2.32. The molecule has 0 spiro atoms. The Morgan fingerprint density at radius 2 is 1.47 bits per heavy atom. The number of para-hydroxylation sites is 2. The average molecular weight is 435 g/mol. The van der Waals surface area contributed by atoms with Gasteiger partial charge in [0.05, 0.1) is 17.8 Å². The minimum Gasteiger partial charge on any atom is -0.342 e. The Balaban J connectivity index is 1.29. The number of amides is 3. The van der Waals surface area contributed by atoms with Crippen LogP contribution in [0, 0.1) is 5.92 Å². The summed E-state index contributed by atoms with van der Waals surface area (Å²) < 4.78 is 0. The summed E-state index contributed by atoms with van der Waals surface area (Å²) in [6.45, 7) is 3.48. The zero-order valence-electron chi connectivity index (χ0n) is 18.3. The van der Waals surface area contributed by atoms with Crippen LogP contribution in [0.4, 0.5) is 11.4 Å². The van der Waals surface area contributed by atoms with Crippen LogP contribution in [0.15, 0.2) is 54.6 Å². The van der Waals surface area contributed by atoms with E-state index in [0.717, 1.165) is 51.9 Å². The summed E-state index contributed by atoms with van der Waals surface area (Å²) in [4.78, 5) is 42.0. The van der Waals surface area contributed by atoms with E-state index in [2.05, 4.69) is 15.5 Å². The molecule has 2 heterocycles. The summed E-state index contributed by atoms with van der Waals surface area (Å²) in [7, 11) is 0. The largest absolute Gasteiger partial charge is 0.342 e. The van der Waals surface area contributed by atoms with Crippen molar-refractivity contribution in [1.29, 1.82) is 0 Å². The fourth-order valence-electron chi connectivity index (χ4n) is 4.44. The van der Waals surface area contributed by atoms with Crippen molar-refractivity contribution >= 4 is 29.1 Å². The number of nitrogens with zero attached hydrogens (tertiary/aromatic N) is 2. The number of likely N-dealkylation sites (tertiary alicyclic amines) is 2. The summed E-state index contributed by atoms with van der Waals surface area (Å²) >= 11 is 0. The van der Waals surface area contributed by atoms with Gasteiger partial charge in [0, 0.05) is 24.7 Å². The molecule has 0 saturated carbocycles. The first-order valence-corrected chi connectivity index (χ1v) is 11.4. The predicted molar refractivity (Wildman–Crippen MR) is 124 cm³/mol. The van der Waals surface area contributed by atoms with Crippen molar-refractivity contribution < 1.29 is 14.4 Å². The van der Waals surface area contributed by atoms with Crippen molar-refractivity contribution in [2.45, 2.75) is 25.7 Å². The molecule has 0 atom stereocenters. The molecule has 2 saturated heterocycles. The molecule has 0 bridgehead atoms. The van der Waals surface area contributed by atoms with Gasteiger partial charge in [-0.05, 0) is 63.0 Å². The molecule has 2 aromatic rings. The first-order valence-electron chi connectivity index (χ1n) is 11.4. The van der Waals surface area contributed by atoms with Gasteiger partial charge in [-0.1, -0.05) is 30.3 Å². The van der Waals surface area contributed by atoms with E-state index >= 15 is 0 Å². The number of hydrogen-bond donors (Lipinski definition) is 2. The maximum Gasteiger partial charge on any atom is 0.257 e. The minimum absolute atomic E-state index is 0.0785. The Hall–Kier alpha value is -3.19. The molecule has 0 unspecified atom stereocenters. The Morgan fingerprint density at radius 3 is 2.19 bits per heavy atom. The highest BCUT2D eigenvalue weighted by Crippen LogP contribution is 2.22. The highest BCUT2D eigenvalue weighted by Gasteiger charge is 2.30. The molecule has 2 aliphatic heterocycles. The van der Waals surface area contributed by atoms with Gasteiger partial charge in [0.15, 0.2) is 0 Å². The number of nitrogens with one attached hydrogen (secondary N) is 2. The number of carbonyl (C=O) groups is 3. The van der Waals surface area contributed by atoms with E-state index in [1.807, 2.05) is 35.2 Å². The summed E-state index contributed by atoms with van der Waals surface area (Å²) in [5.74, 6) is -0.0672. The number of carbonyl (C=O) groups excluding carboxylic acids is 3. The normalized spacial score (nSPS) is 17.2. The van der Waals surface area contributed by atoms with Crippen molar-refractivity contribution in [3.63, 3.8) is 0 Å². The molecule has 4 rings (SSSR count). The molecule has 0 aromatic heterocycles. The Labute approximate surface area is 188 Å². The van der Waals surface area contributed by atoms with E-state index in [1.54, 1.807) is 24.3 Å². The summed E-state index contributed by atoms with van der Waals surface area (Å²) in [5.41, 5.74) is 1.61. The van der Waals surface area contributed by atoms with E-state index < -0.39 is 0 Å². The molecule has 2 fully saturated rings. The quantitative estimate of drug-likeness (QED) is 0.732. The fourth-order valence-corrected chi connectivity index (χ4v) is 4.44. The number of hydrogen-bond acceptors (Lipinski definition) is 4. The van der Waals surface area contributed by atoms with Gasteiger partial charge in [-0.2, -0.15) is 0 Å². The van der Waals surface area contributed by atoms with Gasteiger partial charge in [0.2, 0.25) is 11.8 Å². The minimum atomic E-state index is -0.270. The summed E-state index contributed by atoms with van der Waals surface area (Å²) in [6.07, 6.45) is 3.79. The van der Waals surface area contributed by atoms with Crippen molar-refractivity contribution in [2.75, 3.05) is 43.4 Å². The smallest absolute Gasteiger partial charge is 0.257 e. The van der Waals surface area contributed by atoms with Crippen LogP contribution in [0.5, 0.6) is 0 Å². The van der Waals surface area contributed by atoms with E-state index in [4.69, 9.17) is 0 Å². The third-order valence-corrected chi connectivity index (χ3v) is 6.20. The molecule has 0 radical (unpaired) electrons. The molecule has 3 amide bonds. The molecule has 7 nitrogen and oxygen atoms in total. The molecule has 168 valence electrons. The zero-order chi connectivity index (χ0) is 22.3. The first kappa shape index (κ1) is 22.0. The number of piperidine rings is 1.